The Morgan fingerprint density at radius 1 is 1.19 bits per heavy atom. The number of hydrogen-bond acceptors (Lipinski definition) is 5. The van der Waals surface area contributed by atoms with Gasteiger partial charge < -0.3 is 24.6 Å². The van der Waals surface area contributed by atoms with E-state index in [1.54, 1.807) is 6.07 Å². The van der Waals surface area contributed by atoms with Gasteiger partial charge in [0.05, 0.1) is 22.8 Å². The first-order chi connectivity index (χ1) is 15.4. The molecular weight excluding hydrogens is 413 g/mol. The number of piperazine rings is 1. The molecule has 7 nitrogen and oxygen atoms in total. The molecule has 2 aliphatic carbocycles. The van der Waals surface area contributed by atoms with Gasteiger partial charge in [0.2, 0.25) is 5.43 Å². The van der Waals surface area contributed by atoms with Crippen LogP contribution in [0.1, 0.15) is 51.5 Å². The van der Waals surface area contributed by atoms with Gasteiger partial charge in [-0.15, -0.1) is 0 Å². The highest BCUT2D eigenvalue weighted by molar-refractivity contribution is 5.85. The van der Waals surface area contributed by atoms with Crippen molar-refractivity contribution in [2.75, 3.05) is 24.5 Å². The van der Waals surface area contributed by atoms with Crippen molar-refractivity contribution in [3.05, 3.63) is 34.4 Å². The SMILES string of the molecule is CC1CCC(C2CN(c3cc4c(cc3F)c(=O)c(OC(=O)O)cn4C3CC3)CCN2)CC1. The second-order valence-corrected chi connectivity index (χ2v) is 9.68. The molecule has 32 heavy (non-hydrogen) atoms. The molecule has 2 saturated carbocycles. The summed E-state index contributed by atoms with van der Waals surface area (Å²) in [5.74, 6) is 0.663. The summed E-state index contributed by atoms with van der Waals surface area (Å²) in [7, 11) is 0. The first kappa shape index (κ1) is 21.2. The number of carboxylic acid groups (broad SMARTS) is 1. The minimum absolute atomic E-state index is 0.157. The third kappa shape index (κ3) is 4.08. The van der Waals surface area contributed by atoms with Crippen LogP contribution in [-0.4, -0.2) is 41.5 Å². The molecule has 1 aromatic carbocycles. The van der Waals surface area contributed by atoms with E-state index >= 15 is 4.39 Å². The first-order valence-corrected chi connectivity index (χ1v) is 11.7. The van der Waals surface area contributed by atoms with Gasteiger partial charge in [-0.3, -0.25) is 4.79 Å². The van der Waals surface area contributed by atoms with Gasteiger partial charge in [0.15, 0.2) is 5.75 Å². The zero-order valence-corrected chi connectivity index (χ0v) is 18.3. The summed E-state index contributed by atoms with van der Waals surface area (Å²) in [5.41, 5.74) is 0.543. The molecule has 0 spiro atoms. The topological polar surface area (TPSA) is 83.8 Å². The highest BCUT2D eigenvalue weighted by Crippen LogP contribution is 2.39. The second-order valence-electron chi connectivity index (χ2n) is 9.68. The summed E-state index contributed by atoms with van der Waals surface area (Å²) in [6.45, 7) is 4.56. The zero-order chi connectivity index (χ0) is 22.4. The van der Waals surface area contributed by atoms with Crippen LogP contribution in [0.25, 0.3) is 10.9 Å². The lowest BCUT2D eigenvalue weighted by Crippen LogP contribution is -2.54. The van der Waals surface area contributed by atoms with E-state index in [4.69, 9.17) is 5.11 Å². The maximum Gasteiger partial charge on any atom is 0.511 e. The van der Waals surface area contributed by atoms with Crippen LogP contribution >= 0.6 is 0 Å². The largest absolute Gasteiger partial charge is 0.511 e. The molecule has 1 saturated heterocycles. The van der Waals surface area contributed by atoms with E-state index < -0.39 is 17.4 Å². The lowest BCUT2D eigenvalue weighted by atomic mass is 9.78. The Morgan fingerprint density at radius 3 is 2.62 bits per heavy atom. The Bertz CT molecular complexity index is 1090. The number of anilines is 1. The number of ether oxygens (including phenoxy) is 1. The van der Waals surface area contributed by atoms with Crippen molar-refractivity contribution in [1.82, 2.24) is 9.88 Å². The van der Waals surface area contributed by atoms with Gasteiger partial charge in [-0.05, 0) is 49.7 Å². The van der Waals surface area contributed by atoms with Crippen LogP contribution in [0.15, 0.2) is 23.1 Å². The van der Waals surface area contributed by atoms with Crippen molar-refractivity contribution in [3.63, 3.8) is 0 Å². The van der Waals surface area contributed by atoms with Crippen LogP contribution in [0.5, 0.6) is 5.75 Å². The number of carbonyl (C=O) groups is 1. The smallest absolute Gasteiger partial charge is 0.449 e. The van der Waals surface area contributed by atoms with Crippen molar-refractivity contribution in [3.8, 4) is 5.75 Å². The molecular formula is C24H30FN3O4. The molecule has 3 aliphatic rings. The van der Waals surface area contributed by atoms with Crippen LogP contribution in [-0.2, 0) is 0 Å². The van der Waals surface area contributed by atoms with E-state index in [-0.39, 0.29) is 17.2 Å². The number of fused-ring (bicyclic) bond motifs is 1. The number of halogens is 1. The zero-order valence-electron chi connectivity index (χ0n) is 18.3. The number of rotatable bonds is 4. The van der Waals surface area contributed by atoms with Gasteiger partial charge in [-0.1, -0.05) is 19.8 Å². The van der Waals surface area contributed by atoms with E-state index in [0.717, 1.165) is 31.8 Å². The maximum absolute atomic E-state index is 15.3. The number of nitrogens with one attached hydrogen (secondary N) is 1. The minimum Gasteiger partial charge on any atom is -0.449 e. The predicted molar refractivity (Wildman–Crippen MR) is 120 cm³/mol. The Hall–Kier alpha value is -2.61. The fourth-order valence-corrected chi connectivity index (χ4v) is 5.40. The minimum atomic E-state index is -1.55. The van der Waals surface area contributed by atoms with Crippen molar-refractivity contribution >= 4 is 22.7 Å². The molecule has 1 aliphatic heterocycles. The average Bonchev–Trinajstić information content (AvgIpc) is 3.61. The van der Waals surface area contributed by atoms with Crippen LogP contribution in [0.3, 0.4) is 0 Å². The summed E-state index contributed by atoms with van der Waals surface area (Å²) in [5, 5.41) is 12.8. The summed E-state index contributed by atoms with van der Waals surface area (Å²) in [6.07, 6.45) is 6.70. The average molecular weight is 444 g/mol. The van der Waals surface area contributed by atoms with Crippen LogP contribution in [0, 0.1) is 17.7 Å². The molecule has 1 aromatic heterocycles. The molecule has 5 rings (SSSR count). The van der Waals surface area contributed by atoms with Gasteiger partial charge >= 0.3 is 6.16 Å². The summed E-state index contributed by atoms with van der Waals surface area (Å²) < 4.78 is 21.8. The Labute approximate surface area is 186 Å². The van der Waals surface area contributed by atoms with Crippen molar-refractivity contribution in [2.45, 2.75) is 57.5 Å². The fourth-order valence-electron chi connectivity index (χ4n) is 5.40. The van der Waals surface area contributed by atoms with Crippen molar-refractivity contribution in [2.24, 2.45) is 11.8 Å². The predicted octanol–water partition coefficient (Wildman–Crippen LogP) is 4.14. The summed E-state index contributed by atoms with van der Waals surface area (Å²) in [6, 6.07) is 3.52. The normalized spacial score (nSPS) is 26.3. The Kier molecular flexibility index (Phi) is 5.57. The standard InChI is InChI=1S/C24H30FN3O4/c1-14-2-4-15(5-3-14)19-12-27(9-8-26-19)21-11-20-17(10-18(21)25)23(29)22(32-24(30)31)13-28(20)16-6-7-16/h10-11,13-16,19,26H,2-9,12H2,1H3,(H,30,31). The summed E-state index contributed by atoms with van der Waals surface area (Å²) in [4.78, 5) is 25.9. The summed E-state index contributed by atoms with van der Waals surface area (Å²) >= 11 is 0. The third-order valence-corrected chi connectivity index (χ3v) is 7.38. The number of nitrogens with zero attached hydrogens (tertiary/aromatic N) is 2. The van der Waals surface area contributed by atoms with E-state index in [0.29, 0.717) is 29.7 Å². The maximum atomic E-state index is 15.3. The molecule has 172 valence electrons. The Balaban J connectivity index is 1.49. The lowest BCUT2D eigenvalue weighted by Gasteiger charge is -2.41. The van der Waals surface area contributed by atoms with Gasteiger partial charge in [-0.25, -0.2) is 9.18 Å². The Morgan fingerprint density at radius 2 is 1.94 bits per heavy atom. The molecule has 0 radical (unpaired) electrons. The van der Waals surface area contributed by atoms with Gasteiger partial charge in [0.1, 0.15) is 5.82 Å². The quantitative estimate of drug-likeness (QED) is 0.691. The number of hydrogen-bond donors (Lipinski definition) is 2. The van der Waals surface area contributed by atoms with Crippen LogP contribution in [0.2, 0.25) is 0 Å². The lowest BCUT2D eigenvalue weighted by molar-refractivity contribution is 0.143. The number of pyridine rings is 1. The van der Waals surface area contributed by atoms with Gasteiger partial charge in [0, 0.05) is 31.7 Å². The molecule has 2 heterocycles. The van der Waals surface area contributed by atoms with Gasteiger partial charge in [0.25, 0.3) is 0 Å². The second kappa shape index (κ2) is 8.39. The molecule has 1 unspecified atom stereocenters. The van der Waals surface area contributed by atoms with Crippen LogP contribution < -0.4 is 20.4 Å². The monoisotopic (exact) mass is 443 g/mol. The highest BCUT2D eigenvalue weighted by atomic mass is 19.1. The molecule has 0 amide bonds. The highest BCUT2D eigenvalue weighted by Gasteiger charge is 2.32. The van der Waals surface area contributed by atoms with Gasteiger partial charge in [-0.2, -0.15) is 0 Å². The molecule has 0 bridgehead atoms. The van der Waals surface area contributed by atoms with E-state index in [1.807, 2.05) is 4.57 Å². The molecule has 3 fully saturated rings. The van der Waals surface area contributed by atoms with E-state index in [2.05, 4.69) is 21.9 Å². The molecule has 8 heteroatoms. The van der Waals surface area contributed by atoms with Crippen LogP contribution in [0.4, 0.5) is 14.9 Å². The fraction of sp³-hybridized carbons (Fsp3) is 0.583. The molecule has 1 atom stereocenters. The number of aromatic nitrogens is 1. The third-order valence-electron chi connectivity index (χ3n) is 7.38. The number of benzene rings is 1. The molecule has 2 aromatic rings. The van der Waals surface area contributed by atoms with Crippen molar-refractivity contribution < 1.29 is 19.0 Å². The molecule has 2 N–H and O–H groups in total. The van der Waals surface area contributed by atoms with Crippen molar-refractivity contribution in [1.29, 1.82) is 0 Å². The first-order valence-electron chi connectivity index (χ1n) is 11.7. The van der Waals surface area contributed by atoms with E-state index in [9.17, 15) is 9.59 Å². The van der Waals surface area contributed by atoms with E-state index in [1.165, 1.54) is 37.9 Å².